The molecule has 5 N–H and O–H groups in total. The molecule has 3 atom stereocenters. The van der Waals surface area contributed by atoms with Crippen LogP contribution in [-0.4, -0.2) is 64.4 Å². The van der Waals surface area contributed by atoms with Crippen molar-refractivity contribution in [3.05, 3.63) is 101 Å². The van der Waals surface area contributed by atoms with Crippen LogP contribution < -0.4 is 30.3 Å². The van der Waals surface area contributed by atoms with E-state index in [-0.39, 0.29) is 35.3 Å². The number of rotatable bonds is 14. The van der Waals surface area contributed by atoms with Gasteiger partial charge in [0, 0.05) is 43.3 Å². The van der Waals surface area contributed by atoms with Gasteiger partial charge in [-0.25, -0.2) is 0 Å². The molecule has 2 aliphatic rings. The van der Waals surface area contributed by atoms with Gasteiger partial charge in [0.25, 0.3) is 11.8 Å². The number of carbonyl (C=O) groups is 3. The minimum absolute atomic E-state index is 0.0916. The Hall–Kier alpha value is -4.26. The Morgan fingerprint density at radius 3 is 2.17 bits per heavy atom. The first kappa shape index (κ1) is 34.1. The van der Waals surface area contributed by atoms with Crippen molar-refractivity contribution in [3.8, 4) is 0 Å². The van der Waals surface area contributed by atoms with Crippen molar-refractivity contribution >= 4 is 33.6 Å². The molecular weight excluding hydrogens is 616 g/mol. The number of amides is 3. The van der Waals surface area contributed by atoms with Crippen molar-refractivity contribution in [1.29, 1.82) is 0 Å². The predicted octanol–water partition coefficient (Wildman–Crippen LogP) is 3.07. The average Bonchev–Trinajstić information content (AvgIpc) is 3.91. The summed E-state index contributed by atoms with van der Waals surface area (Å²) in [5.41, 5.74) is 2.44. The molecule has 1 saturated heterocycles. The number of nitrogens with one attached hydrogen (secondary N) is 5. The zero-order valence-corrected chi connectivity index (χ0v) is 27.7. The van der Waals surface area contributed by atoms with Gasteiger partial charge in [-0.15, -0.1) is 0 Å². The molecule has 0 radical (unpaired) electrons. The van der Waals surface area contributed by atoms with E-state index in [2.05, 4.69) is 26.0 Å². The molecule has 1 aliphatic carbocycles. The minimum Gasteiger partial charge on any atom is -0.354 e. The summed E-state index contributed by atoms with van der Waals surface area (Å²) in [5, 5.41) is 12.3. The van der Waals surface area contributed by atoms with Crippen LogP contribution in [-0.2, 0) is 21.4 Å². The van der Waals surface area contributed by atoms with E-state index < -0.39 is 34.1 Å². The molecule has 11 nitrogen and oxygen atoms in total. The molecule has 3 aromatic carbocycles. The first-order valence-corrected chi connectivity index (χ1v) is 17.7. The largest absolute Gasteiger partial charge is 0.354 e. The smallest absolute Gasteiger partial charge is 0.301 e. The summed E-state index contributed by atoms with van der Waals surface area (Å²) in [6.07, 6.45) is 3.34. The standard InChI is InChI=1S/C35H44N6O5S/c1-24(28-12-7-4-8-13-28)39-34(43)29-19-30(21-32(20-29)41-17-9-16-38-47(41,45)46)35(44)40-31(18-26-10-5-3-6-11-26)23-36-25(2)33(42)37-22-27-14-15-27/h3-8,10-13,19-21,24-25,27,31,36,38H,9,14-18,22-23H2,1-2H3,(H,37,42)(H,39,43)(H,40,44)/t24-,25+,31?/m1/s1. The summed E-state index contributed by atoms with van der Waals surface area (Å²) < 4.78 is 29.6. The van der Waals surface area contributed by atoms with Gasteiger partial charge in [-0.2, -0.15) is 13.1 Å². The van der Waals surface area contributed by atoms with Crippen LogP contribution in [0.4, 0.5) is 5.69 Å². The molecule has 1 unspecified atom stereocenters. The molecule has 0 bridgehead atoms. The Labute approximate surface area is 277 Å². The van der Waals surface area contributed by atoms with E-state index in [9.17, 15) is 22.8 Å². The van der Waals surface area contributed by atoms with Gasteiger partial charge >= 0.3 is 10.2 Å². The van der Waals surface area contributed by atoms with E-state index in [0.29, 0.717) is 38.4 Å². The van der Waals surface area contributed by atoms with Crippen LogP contribution in [0.15, 0.2) is 78.9 Å². The van der Waals surface area contributed by atoms with Gasteiger partial charge in [-0.1, -0.05) is 60.7 Å². The third-order valence-corrected chi connectivity index (χ3v) is 10.0. The lowest BCUT2D eigenvalue weighted by atomic mass is 10.0. The molecule has 2 fully saturated rings. The van der Waals surface area contributed by atoms with E-state index in [4.69, 9.17) is 0 Å². The van der Waals surface area contributed by atoms with E-state index in [1.807, 2.05) is 67.6 Å². The highest BCUT2D eigenvalue weighted by Gasteiger charge is 2.28. The monoisotopic (exact) mass is 660 g/mol. The number of hydrogen-bond acceptors (Lipinski definition) is 6. The number of benzene rings is 3. The molecule has 47 heavy (non-hydrogen) atoms. The molecule has 3 aromatic rings. The number of nitrogens with zero attached hydrogens (tertiary/aromatic N) is 1. The molecule has 3 amide bonds. The van der Waals surface area contributed by atoms with Crippen LogP contribution in [0.2, 0.25) is 0 Å². The maximum absolute atomic E-state index is 13.9. The number of carbonyl (C=O) groups excluding carboxylic acids is 3. The maximum Gasteiger partial charge on any atom is 0.301 e. The maximum atomic E-state index is 13.9. The van der Waals surface area contributed by atoms with Gasteiger partial charge in [0.2, 0.25) is 5.91 Å². The molecular formula is C35H44N6O5S. The summed E-state index contributed by atoms with van der Waals surface area (Å²) >= 11 is 0. The quantitative estimate of drug-likeness (QED) is 0.180. The first-order valence-electron chi connectivity index (χ1n) is 16.2. The molecule has 1 saturated carbocycles. The SMILES string of the molecule is C[C@H](NCC(Cc1ccccc1)NC(=O)c1cc(C(=O)N[C@H](C)c2ccccc2)cc(N2CCCNS2(=O)=O)c1)C(=O)NCC1CC1. The van der Waals surface area contributed by atoms with Gasteiger partial charge in [-0.3, -0.25) is 18.7 Å². The second-order valence-electron chi connectivity index (χ2n) is 12.4. The van der Waals surface area contributed by atoms with Gasteiger partial charge in [0.15, 0.2) is 0 Å². The van der Waals surface area contributed by atoms with E-state index in [1.54, 1.807) is 6.92 Å². The van der Waals surface area contributed by atoms with E-state index in [0.717, 1.165) is 24.0 Å². The van der Waals surface area contributed by atoms with E-state index in [1.165, 1.54) is 22.5 Å². The van der Waals surface area contributed by atoms with Gasteiger partial charge in [0.1, 0.15) is 0 Å². The van der Waals surface area contributed by atoms with Crippen LogP contribution in [0.5, 0.6) is 0 Å². The fourth-order valence-electron chi connectivity index (χ4n) is 5.49. The Morgan fingerprint density at radius 1 is 0.894 bits per heavy atom. The van der Waals surface area contributed by atoms with Crippen LogP contribution in [0.25, 0.3) is 0 Å². The first-order chi connectivity index (χ1) is 22.6. The van der Waals surface area contributed by atoms with Gasteiger partial charge < -0.3 is 21.3 Å². The number of hydrogen-bond donors (Lipinski definition) is 5. The molecule has 1 heterocycles. The second-order valence-corrected chi connectivity index (χ2v) is 14.1. The fourth-order valence-corrected chi connectivity index (χ4v) is 6.80. The zero-order valence-electron chi connectivity index (χ0n) is 26.9. The van der Waals surface area contributed by atoms with Crippen LogP contribution >= 0.6 is 0 Å². The summed E-state index contributed by atoms with van der Waals surface area (Å²) in [4.78, 5) is 40.1. The van der Waals surface area contributed by atoms with Crippen molar-refractivity contribution in [1.82, 2.24) is 26.0 Å². The number of anilines is 1. The molecule has 0 aromatic heterocycles. The van der Waals surface area contributed by atoms with Crippen molar-refractivity contribution < 1.29 is 22.8 Å². The summed E-state index contributed by atoms with van der Waals surface area (Å²) in [5.74, 6) is -0.427. The summed E-state index contributed by atoms with van der Waals surface area (Å²) in [6, 6.07) is 22.5. The van der Waals surface area contributed by atoms with Crippen LogP contribution in [0, 0.1) is 5.92 Å². The summed E-state index contributed by atoms with van der Waals surface area (Å²) in [6.45, 7) is 5.16. The lowest BCUT2D eigenvalue weighted by molar-refractivity contribution is -0.122. The zero-order chi connectivity index (χ0) is 33.4. The highest BCUT2D eigenvalue weighted by Crippen LogP contribution is 2.27. The Balaban J connectivity index is 1.38. The lowest BCUT2D eigenvalue weighted by Gasteiger charge is -2.29. The fraction of sp³-hybridized carbons (Fsp3) is 0.400. The van der Waals surface area contributed by atoms with Crippen LogP contribution in [0.1, 0.15) is 71.0 Å². The van der Waals surface area contributed by atoms with Crippen LogP contribution in [0.3, 0.4) is 0 Å². The average molecular weight is 661 g/mol. The Kier molecular flexibility index (Phi) is 11.3. The third-order valence-electron chi connectivity index (χ3n) is 8.48. The second kappa shape index (κ2) is 15.6. The molecule has 1 aliphatic heterocycles. The molecule has 12 heteroatoms. The van der Waals surface area contributed by atoms with Crippen molar-refractivity contribution in [2.45, 2.75) is 57.7 Å². The Morgan fingerprint density at radius 2 is 1.53 bits per heavy atom. The minimum atomic E-state index is -3.85. The van der Waals surface area contributed by atoms with E-state index >= 15 is 0 Å². The van der Waals surface area contributed by atoms with Crippen molar-refractivity contribution in [2.75, 3.05) is 30.5 Å². The topological polar surface area (TPSA) is 149 Å². The third kappa shape index (κ3) is 9.63. The predicted molar refractivity (Wildman–Crippen MR) is 182 cm³/mol. The molecule has 5 rings (SSSR count). The molecule has 250 valence electrons. The highest BCUT2D eigenvalue weighted by molar-refractivity contribution is 7.90. The van der Waals surface area contributed by atoms with Gasteiger partial charge in [-0.05, 0) is 74.8 Å². The Bertz CT molecular complexity index is 1650. The van der Waals surface area contributed by atoms with Crippen molar-refractivity contribution in [2.24, 2.45) is 5.92 Å². The van der Waals surface area contributed by atoms with Crippen molar-refractivity contribution in [3.63, 3.8) is 0 Å². The normalized spacial score (nSPS) is 17.6. The highest BCUT2D eigenvalue weighted by atomic mass is 32.2. The summed E-state index contributed by atoms with van der Waals surface area (Å²) in [7, 11) is -3.85. The molecule has 0 spiro atoms. The lowest BCUT2D eigenvalue weighted by Crippen LogP contribution is -2.50. The van der Waals surface area contributed by atoms with Gasteiger partial charge in [0.05, 0.1) is 17.8 Å².